The van der Waals surface area contributed by atoms with Gasteiger partial charge in [-0.25, -0.2) is 0 Å². The number of rotatable bonds is 4. The Morgan fingerprint density at radius 1 is 1.31 bits per heavy atom. The second-order valence-corrected chi connectivity index (χ2v) is 4.51. The lowest BCUT2D eigenvalue weighted by atomic mass is 10.1. The van der Waals surface area contributed by atoms with E-state index in [9.17, 15) is 0 Å². The van der Waals surface area contributed by atoms with Crippen molar-refractivity contribution in [1.82, 2.24) is 9.55 Å². The molecule has 86 valence electrons. The Balaban J connectivity index is 2.35. The van der Waals surface area contributed by atoms with Crippen LogP contribution in [-0.2, 0) is 13.5 Å². The highest BCUT2D eigenvalue weighted by molar-refractivity contribution is 5.85. The highest BCUT2D eigenvalue weighted by Crippen LogP contribution is 2.22. The van der Waals surface area contributed by atoms with E-state index < -0.39 is 0 Å². The number of hydrogen-bond acceptors (Lipinski definition) is 1. The van der Waals surface area contributed by atoms with Gasteiger partial charge in [0.05, 0.1) is 11.2 Å². The van der Waals surface area contributed by atoms with Crippen LogP contribution in [0.2, 0.25) is 0 Å². The average molecular weight is 216 g/mol. The van der Waals surface area contributed by atoms with Gasteiger partial charge in [0.2, 0.25) is 0 Å². The molecule has 2 heteroatoms. The number of pyridine rings is 1. The molecule has 0 fully saturated rings. The molecule has 0 spiro atoms. The van der Waals surface area contributed by atoms with Crippen molar-refractivity contribution in [2.45, 2.75) is 39.5 Å². The van der Waals surface area contributed by atoms with Gasteiger partial charge in [-0.1, -0.05) is 19.8 Å². The summed E-state index contributed by atoms with van der Waals surface area (Å²) in [6.45, 7) is 4.32. The number of aryl methyl sites for hydroxylation is 3. The zero-order valence-electron chi connectivity index (χ0n) is 10.5. The Kier molecular flexibility index (Phi) is 3.28. The monoisotopic (exact) mass is 216 g/mol. The van der Waals surface area contributed by atoms with Crippen LogP contribution < -0.4 is 0 Å². The molecule has 0 aliphatic carbocycles. The lowest BCUT2D eigenvalue weighted by molar-refractivity contribution is 0.718. The van der Waals surface area contributed by atoms with Gasteiger partial charge in [0.1, 0.15) is 0 Å². The molecular formula is C14H20N2. The van der Waals surface area contributed by atoms with Crippen molar-refractivity contribution >= 4 is 10.9 Å². The molecule has 0 saturated heterocycles. The molecule has 0 atom stereocenters. The van der Waals surface area contributed by atoms with Crippen LogP contribution in [0.25, 0.3) is 10.9 Å². The molecule has 2 rings (SSSR count). The second-order valence-electron chi connectivity index (χ2n) is 4.51. The van der Waals surface area contributed by atoms with Crippen LogP contribution in [0.15, 0.2) is 18.5 Å². The van der Waals surface area contributed by atoms with Gasteiger partial charge in [0.15, 0.2) is 0 Å². The summed E-state index contributed by atoms with van der Waals surface area (Å²) >= 11 is 0. The molecule has 0 saturated carbocycles. The molecular weight excluding hydrogens is 196 g/mol. The minimum Gasteiger partial charge on any atom is -0.349 e. The predicted molar refractivity (Wildman–Crippen MR) is 68.7 cm³/mol. The van der Waals surface area contributed by atoms with E-state index in [0.717, 1.165) is 12.1 Å². The Labute approximate surface area is 97.3 Å². The molecule has 0 bridgehead atoms. The van der Waals surface area contributed by atoms with Gasteiger partial charge in [-0.05, 0) is 31.4 Å². The van der Waals surface area contributed by atoms with Crippen molar-refractivity contribution in [2.75, 3.05) is 0 Å². The van der Waals surface area contributed by atoms with Crippen LogP contribution in [0, 0.1) is 6.92 Å². The molecule has 16 heavy (non-hydrogen) atoms. The molecule has 0 N–H and O–H groups in total. The highest BCUT2D eigenvalue weighted by atomic mass is 14.9. The minimum atomic E-state index is 1.13. The van der Waals surface area contributed by atoms with E-state index in [0.29, 0.717) is 0 Å². The van der Waals surface area contributed by atoms with Crippen LogP contribution >= 0.6 is 0 Å². The first-order chi connectivity index (χ1) is 7.74. The van der Waals surface area contributed by atoms with E-state index in [4.69, 9.17) is 0 Å². The minimum absolute atomic E-state index is 1.13. The Morgan fingerprint density at radius 2 is 2.12 bits per heavy atom. The molecule has 0 aliphatic rings. The lowest BCUT2D eigenvalue weighted by Crippen LogP contribution is -1.94. The van der Waals surface area contributed by atoms with Crippen molar-refractivity contribution in [3.8, 4) is 0 Å². The summed E-state index contributed by atoms with van der Waals surface area (Å²) in [5.74, 6) is 0. The van der Waals surface area contributed by atoms with E-state index in [1.54, 1.807) is 0 Å². The zero-order chi connectivity index (χ0) is 11.5. The van der Waals surface area contributed by atoms with E-state index in [1.807, 2.05) is 6.20 Å². The van der Waals surface area contributed by atoms with Gasteiger partial charge in [0, 0.05) is 24.8 Å². The number of aromatic nitrogens is 2. The van der Waals surface area contributed by atoms with Crippen molar-refractivity contribution in [3.05, 3.63) is 29.7 Å². The van der Waals surface area contributed by atoms with Gasteiger partial charge >= 0.3 is 0 Å². The maximum atomic E-state index is 4.50. The fraction of sp³-hybridized carbons (Fsp3) is 0.500. The molecule has 0 amide bonds. The summed E-state index contributed by atoms with van der Waals surface area (Å²) in [4.78, 5) is 4.50. The van der Waals surface area contributed by atoms with Gasteiger partial charge in [-0.2, -0.15) is 0 Å². The summed E-state index contributed by atoms with van der Waals surface area (Å²) in [5, 5.41) is 1.38. The van der Waals surface area contributed by atoms with Crippen LogP contribution in [0.3, 0.4) is 0 Å². The fourth-order valence-electron chi connectivity index (χ4n) is 2.31. The summed E-state index contributed by atoms with van der Waals surface area (Å²) in [5.41, 5.74) is 3.81. The van der Waals surface area contributed by atoms with Crippen LogP contribution in [0.1, 0.15) is 37.4 Å². The van der Waals surface area contributed by atoms with Crippen LogP contribution in [0.5, 0.6) is 0 Å². The number of unbranched alkanes of at least 4 members (excludes halogenated alkanes) is 2. The standard InChI is InChI=1S/C14H20N2/c1-4-5-6-7-12-10-15-11(2)14-13(12)8-9-16(14)3/h8-10H,4-7H2,1-3H3. The topological polar surface area (TPSA) is 17.8 Å². The van der Waals surface area contributed by atoms with Gasteiger partial charge in [-0.15, -0.1) is 0 Å². The molecule has 2 nitrogen and oxygen atoms in total. The van der Waals surface area contributed by atoms with Crippen molar-refractivity contribution < 1.29 is 0 Å². The summed E-state index contributed by atoms with van der Waals surface area (Å²) in [6.07, 6.45) is 9.18. The SMILES string of the molecule is CCCCCc1cnc(C)c2c1ccn2C. The molecule has 0 unspecified atom stereocenters. The molecule has 0 aliphatic heterocycles. The van der Waals surface area contributed by atoms with Crippen LogP contribution in [-0.4, -0.2) is 9.55 Å². The van der Waals surface area contributed by atoms with Crippen molar-refractivity contribution in [1.29, 1.82) is 0 Å². The zero-order valence-corrected chi connectivity index (χ0v) is 10.5. The Hall–Kier alpha value is -1.31. The van der Waals surface area contributed by atoms with Crippen molar-refractivity contribution in [3.63, 3.8) is 0 Å². The fourth-order valence-corrected chi connectivity index (χ4v) is 2.31. The van der Waals surface area contributed by atoms with Gasteiger partial charge < -0.3 is 4.57 Å². The van der Waals surface area contributed by atoms with E-state index in [2.05, 4.69) is 42.7 Å². The number of nitrogens with zero attached hydrogens (tertiary/aromatic N) is 2. The molecule has 2 aromatic heterocycles. The molecule has 2 aromatic rings. The third-order valence-electron chi connectivity index (χ3n) is 3.22. The van der Waals surface area contributed by atoms with E-state index in [1.165, 1.54) is 35.7 Å². The van der Waals surface area contributed by atoms with E-state index >= 15 is 0 Å². The smallest absolute Gasteiger partial charge is 0.0696 e. The molecule has 2 heterocycles. The van der Waals surface area contributed by atoms with E-state index in [-0.39, 0.29) is 0 Å². The Bertz CT molecular complexity index is 483. The summed E-state index contributed by atoms with van der Waals surface area (Å²) in [7, 11) is 2.09. The third kappa shape index (κ3) is 1.97. The highest BCUT2D eigenvalue weighted by Gasteiger charge is 2.07. The van der Waals surface area contributed by atoms with Gasteiger partial charge in [-0.3, -0.25) is 4.98 Å². The lowest BCUT2D eigenvalue weighted by Gasteiger charge is -2.06. The first-order valence-corrected chi connectivity index (χ1v) is 6.13. The predicted octanol–water partition coefficient (Wildman–Crippen LogP) is 3.61. The van der Waals surface area contributed by atoms with Crippen LogP contribution in [0.4, 0.5) is 0 Å². The maximum Gasteiger partial charge on any atom is 0.0696 e. The van der Waals surface area contributed by atoms with Crippen molar-refractivity contribution in [2.24, 2.45) is 7.05 Å². The maximum absolute atomic E-state index is 4.50. The quantitative estimate of drug-likeness (QED) is 0.714. The number of hydrogen-bond donors (Lipinski definition) is 0. The first kappa shape index (κ1) is 11.2. The Morgan fingerprint density at radius 3 is 2.88 bits per heavy atom. The third-order valence-corrected chi connectivity index (χ3v) is 3.22. The largest absolute Gasteiger partial charge is 0.349 e. The first-order valence-electron chi connectivity index (χ1n) is 6.13. The number of fused-ring (bicyclic) bond motifs is 1. The molecule has 0 aromatic carbocycles. The average Bonchev–Trinajstić information content (AvgIpc) is 2.66. The summed E-state index contributed by atoms with van der Waals surface area (Å²) < 4.78 is 2.17. The summed E-state index contributed by atoms with van der Waals surface area (Å²) in [6, 6.07) is 2.21. The molecule has 0 radical (unpaired) electrons. The van der Waals surface area contributed by atoms with Gasteiger partial charge in [0.25, 0.3) is 0 Å². The normalized spacial score (nSPS) is 11.2. The second kappa shape index (κ2) is 4.69.